The minimum atomic E-state index is -0.602. The van der Waals surface area contributed by atoms with E-state index >= 15 is 0 Å². The van der Waals surface area contributed by atoms with Crippen molar-refractivity contribution in [2.45, 2.75) is 77.8 Å². The fourth-order valence-electron chi connectivity index (χ4n) is 4.51. The zero-order valence-electron chi connectivity index (χ0n) is 20.3. The lowest BCUT2D eigenvalue weighted by molar-refractivity contribution is -0.117. The Morgan fingerprint density at radius 1 is 1.24 bits per heavy atom. The molecule has 1 heterocycles. The van der Waals surface area contributed by atoms with Crippen molar-refractivity contribution in [3.05, 3.63) is 50.7 Å². The molecule has 0 radical (unpaired) electrons. The number of anilines is 3. The molecule has 3 rings (SSSR count). The molecule has 0 spiro atoms. The topological polar surface area (TPSA) is 104 Å². The van der Waals surface area contributed by atoms with Crippen LogP contribution < -0.4 is 26.8 Å². The number of unbranched alkanes of at least 4 members (excludes halogenated alkanes) is 1. The first kappa shape index (κ1) is 24.6. The summed E-state index contributed by atoms with van der Waals surface area (Å²) in [5, 5.41) is 0. The van der Waals surface area contributed by atoms with E-state index in [1.165, 1.54) is 10.1 Å². The van der Waals surface area contributed by atoms with Gasteiger partial charge in [0.1, 0.15) is 5.82 Å². The molecule has 0 aliphatic heterocycles. The Morgan fingerprint density at radius 3 is 2.58 bits per heavy atom. The molecule has 1 fully saturated rings. The molecule has 1 amide bonds. The van der Waals surface area contributed by atoms with Crippen LogP contribution in [-0.4, -0.2) is 35.1 Å². The number of rotatable bonds is 9. The van der Waals surface area contributed by atoms with Crippen LogP contribution in [0, 0.1) is 0 Å². The highest BCUT2D eigenvalue weighted by Crippen LogP contribution is 2.30. The lowest BCUT2D eigenvalue weighted by atomic mass is 10.0. The second kappa shape index (κ2) is 10.7. The maximum atomic E-state index is 13.6. The van der Waals surface area contributed by atoms with Gasteiger partial charge in [-0.2, -0.15) is 0 Å². The number of nitrogens with one attached hydrogen (secondary N) is 1. The first-order valence-electron chi connectivity index (χ1n) is 12.0. The van der Waals surface area contributed by atoms with E-state index in [2.05, 4.69) is 31.0 Å². The minimum absolute atomic E-state index is 0.0712. The van der Waals surface area contributed by atoms with E-state index in [0.29, 0.717) is 12.5 Å². The quantitative estimate of drug-likeness (QED) is 0.603. The third kappa shape index (κ3) is 5.49. The van der Waals surface area contributed by atoms with E-state index in [1.807, 2.05) is 31.0 Å². The van der Waals surface area contributed by atoms with Crippen LogP contribution >= 0.6 is 0 Å². The summed E-state index contributed by atoms with van der Waals surface area (Å²) in [7, 11) is 1.87. The number of hydrogen-bond donors (Lipinski definition) is 2. The Bertz CT molecular complexity index is 1080. The van der Waals surface area contributed by atoms with Crippen LogP contribution in [0.25, 0.3) is 0 Å². The number of nitrogens with two attached hydrogens (primary N) is 1. The van der Waals surface area contributed by atoms with Gasteiger partial charge in [-0.15, -0.1) is 0 Å². The normalized spacial score (nSPS) is 14.1. The van der Waals surface area contributed by atoms with Crippen molar-refractivity contribution in [3.8, 4) is 0 Å². The molecule has 0 bridgehead atoms. The molecule has 3 N–H and O–H groups in total. The summed E-state index contributed by atoms with van der Waals surface area (Å²) < 4.78 is 1.38. The summed E-state index contributed by atoms with van der Waals surface area (Å²) in [6.45, 7) is 6.79. The van der Waals surface area contributed by atoms with E-state index in [0.717, 1.165) is 44.2 Å². The molecule has 0 saturated heterocycles. The molecule has 1 saturated carbocycles. The number of H-pyrrole nitrogens is 1. The van der Waals surface area contributed by atoms with Gasteiger partial charge in [0.25, 0.3) is 5.56 Å². The SMILES string of the molecule is CCCCn1c(N)c(N(C(=O)CN(C)c2cccc(C(C)C)c2)C2CCCC2)c(=O)[nH]c1=O. The zero-order chi connectivity index (χ0) is 24.1. The highest BCUT2D eigenvalue weighted by atomic mass is 16.2. The van der Waals surface area contributed by atoms with E-state index < -0.39 is 11.2 Å². The fourth-order valence-corrected chi connectivity index (χ4v) is 4.51. The van der Waals surface area contributed by atoms with Gasteiger partial charge in [0.15, 0.2) is 5.69 Å². The van der Waals surface area contributed by atoms with Gasteiger partial charge in [0, 0.05) is 25.3 Å². The summed E-state index contributed by atoms with van der Waals surface area (Å²) in [4.78, 5) is 44.8. The van der Waals surface area contributed by atoms with E-state index in [9.17, 15) is 14.4 Å². The summed E-state index contributed by atoms with van der Waals surface area (Å²) in [6.07, 6.45) is 5.24. The first-order chi connectivity index (χ1) is 15.7. The average Bonchev–Trinajstić information content (AvgIpc) is 3.30. The van der Waals surface area contributed by atoms with Gasteiger partial charge < -0.3 is 10.6 Å². The molecule has 1 aromatic carbocycles. The Hall–Kier alpha value is -3.03. The number of benzene rings is 1. The van der Waals surface area contributed by atoms with E-state index in [4.69, 9.17) is 5.73 Å². The molecule has 1 aromatic heterocycles. The Balaban J connectivity index is 1.97. The van der Waals surface area contributed by atoms with Crippen LogP contribution in [0.5, 0.6) is 0 Å². The molecule has 2 aromatic rings. The van der Waals surface area contributed by atoms with Crippen LogP contribution in [0.3, 0.4) is 0 Å². The van der Waals surface area contributed by atoms with Gasteiger partial charge >= 0.3 is 5.69 Å². The van der Waals surface area contributed by atoms with Crippen LogP contribution in [0.15, 0.2) is 33.9 Å². The van der Waals surface area contributed by atoms with Gasteiger partial charge in [-0.1, -0.05) is 52.2 Å². The molecule has 33 heavy (non-hydrogen) atoms. The van der Waals surface area contributed by atoms with Crippen molar-refractivity contribution < 1.29 is 4.79 Å². The van der Waals surface area contributed by atoms with Crippen LogP contribution in [0.2, 0.25) is 0 Å². The number of amides is 1. The standard InChI is InChI=1S/C25H37N5O3/c1-5-6-14-29-23(26)22(24(32)27-25(29)33)30(19-11-7-8-12-19)21(31)16-28(4)20-13-9-10-18(15-20)17(2)3/h9-10,13,15,17,19H,5-8,11-12,14,16,26H2,1-4H3,(H,27,32,33). The fraction of sp³-hybridized carbons (Fsp3) is 0.560. The Labute approximate surface area is 195 Å². The summed E-state index contributed by atoms with van der Waals surface area (Å²) in [5.41, 5.74) is 7.47. The largest absolute Gasteiger partial charge is 0.383 e. The number of carbonyl (C=O) groups excluding carboxylic acids is 1. The number of hydrogen-bond acceptors (Lipinski definition) is 5. The van der Waals surface area contributed by atoms with Crippen molar-refractivity contribution in [3.63, 3.8) is 0 Å². The lowest BCUT2D eigenvalue weighted by Gasteiger charge is -2.32. The number of carbonyl (C=O) groups is 1. The van der Waals surface area contributed by atoms with Crippen LogP contribution in [-0.2, 0) is 11.3 Å². The monoisotopic (exact) mass is 455 g/mol. The Morgan fingerprint density at radius 2 is 1.94 bits per heavy atom. The third-order valence-corrected chi connectivity index (χ3v) is 6.50. The molecule has 1 aliphatic carbocycles. The highest BCUT2D eigenvalue weighted by molar-refractivity contribution is 5.98. The van der Waals surface area contributed by atoms with Gasteiger partial charge in [0.2, 0.25) is 5.91 Å². The molecule has 1 aliphatic rings. The number of aromatic amines is 1. The molecular formula is C25H37N5O3. The van der Waals surface area contributed by atoms with Crippen molar-refractivity contribution in [1.82, 2.24) is 9.55 Å². The smallest absolute Gasteiger partial charge is 0.330 e. The number of aromatic nitrogens is 2. The summed E-state index contributed by atoms with van der Waals surface area (Å²) >= 11 is 0. The molecule has 8 heteroatoms. The van der Waals surface area contributed by atoms with E-state index in [1.54, 1.807) is 4.90 Å². The third-order valence-electron chi connectivity index (χ3n) is 6.50. The predicted octanol–water partition coefficient (Wildman–Crippen LogP) is 3.45. The minimum Gasteiger partial charge on any atom is -0.383 e. The maximum Gasteiger partial charge on any atom is 0.330 e. The first-order valence-corrected chi connectivity index (χ1v) is 12.0. The van der Waals surface area contributed by atoms with Crippen molar-refractivity contribution in [2.75, 3.05) is 29.1 Å². The molecule has 180 valence electrons. The van der Waals surface area contributed by atoms with Gasteiger partial charge in [-0.05, 0) is 42.9 Å². The molecule has 8 nitrogen and oxygen atoms in total. The highest BCUT2D eigenvalue weighted by Gasteiger charge is 2.33. The van der Waals surface area contributed by atoms with E-state index in [-0.39, 0.29) is 30.0 Å². The van der Waals surface area contributed by atoms with Crippen molar-refractivity contribution >= 4 is 23.1 Å². The maximum absolute atomic E-state index is 13.6. The lowest BCUT2D eigenvalue weighted by Crippen LogP contribution is -2.48. The summed E-state index contributed by atoms with van der Waals surface area (Å²) in [6, 6.07) is 8.03. The number of likely N-dealkylation sites (N-methyl/N-ethyl adjacent to an activating group) is 1. The van der Waals surface area contributed by atoms with Gasteiger partial charge in [-0.3, -0.25) is 24.0 Å². The second-order valence-corrected chi connectivity index (χ2v) is 9.31. The summed E-state index contributed by atoms with van der Waals surface area (Å²) in [5.74, 6) is 0.255. The molecular weight excluding hydrogens is 418 g/mol. The molecule has 0 atom stereocenters. The van der Waals surface area contributed by atoms with Gasteiger partial charge in [0.05, 0.1) is 6.54 Å². The second-order valence-electron chi connectivity index (χ2n) is 9.31. The van der Waals surface area contributed by atoms with Gasteiger partial charge in [-0.25, -0.2) is 4.79 Å². The number of nitrogen functional groups attached to an aromatic ring is 1. The predicted molar refractivity (Wildman–Crippen MR) is 134 cm³/mol. The molecule has 0 unspecified atom stereocenters. The zero-order valence-corrected chi connectivity index (χ0v) is 20.3. The van der Waals surface area contributed by atoms with Crippen LogP contribution in [0.1, 0.15) is 70.8 Å². The Kier molecular flexibility index (Phi) is 8.00. The van der Waals surface area contributed by atoms with Crippen molar-refractivity contribution in [1.29, 1.82) is 0 Å². The number of nitrogens with zero attached hydrogens (tertiary/aromatic N) is 3. The van der Waals surface area contributed by atoms with Crippen LogP contribution in [0.4, 0.5) is 17.2 Å². The van der Waals surface area contributed by atoms with Crippen molar-refractivity contribution in [2.24, 2.45) is 0 Å². The average molecular weight is 456 g/mol.